The molecule has 9 nitrogen and oxygen atoms in total. The highest BCUT2D eigenvalue weighted by Gasteiger charge is 2.24. The summed E-state index contributed by atoms with van der Waals surface area (Å²) in [5.41, 5.74) is 0.768. The number of hydrogen-bond acceptors (Lipinski definition) is 8. The summed E-state index contributed by atoms with van der Waals surface area (Å²) in [6.45, 7) is 9.49. The molecule has 9 heteroatoms. The predicted molar refractivity (Wildman–Crippen MR) is 104 cm³/mol. The van der Waals surface area contributed by atoms with Crippen molar-refractivity contribution >= 4 is 11.9 Å². The highest BCUT2D eigenvalue weighted by molar-refractivity contribution is 5.76. The van der Waals surface area contributed by atoms with Gasteiger partial charge in [-0.2, -0.15) is 4.98 Å². The van der Waals surface area contributed by atoms with E-state index < -0.39 is 0 Å². The Balaban J connectivity index is 1.59. The predicted octanol–water partition coefficient (Wildman–Crippen LogP) is 2.15. The fourth-order valence-electron chi connectivity index (χ4n) is 2.96. The van der Waals surface area contributed by atoms with Crippen LogP contribution >= 0.6 is 0 Å². The Hall–Kier alpha value is -2.55. The maximum atomic E-state index is 12.4. The molecule has 0 atom stereocenters. The minimum Gasteiger partial charge on any atom is -0.375 e. The standard InChI is InChI=1S/C19H28N6O3/c1-19(2,3)7-5-16(26)24-9-11-25(12-10-24)18-20-8-6-14(21-18)17-22-15(13-27-4)28-23-17/h6,8H,5,7,9-13H2,1-4H3. The average molecular weight is 388 g/mol. The van der Waals surface area contributed by atoms with Crippen LogP contribution in [0.4, 0.5) is 5.95 Å². The van der Waals surface area contributed by atoms with Crippen LogP contribution in [0.15, 0.2) is 16.8 Å². The molecule has 1 aliphatic heterocycles. The van der Waals surface area contributed by atoms with E-state index in [0.717, 1.165) is 6.42 Å². The van der Waals surface area contributed by atoms with E-state index in [1.54, 1.807) is 19.4 Å². The molecular formula is C19H28N6O3. The Kier molecular flexibility index (Phi) is 6.23. The number of aromatic nitrogens is 4. The molecule has 0 unspecified atom stereocenters. The first kappa shape index (κ1) is 20.2. The van der Waals surface area contributed by atoms with Gasteiger partial charge in [0.1, 0.15) is 12.3 Å². The first-order chi connectivity index (χ1) is 13.4. The number of carbonyl (C=O) groups is 1. The number of rotatable bonds is 6. The maximum Gasteiger partial charge on any atom is 0.252 e. The van der Waals surface area contributed by atoms with E-state index in [-0.39, 0.29) is 17.9 Å². The molecule has 152 valence electrons. The molecule has 1 saturated heterocycles. The van der Waals surface area contributed by atoms with Crippen LogP contribution in [0.2, 0.25) is 0 Å². The van der Waals surface area contributed by atoms with Crippen molar-refractivity contribution in [3.8, 4) is 11.5 Å². The van der Waals surface area contributed by atoms with Crippen molar-refractivity contribution in [2.24, 2.45) is 5.41 Å². The van der Waals surface area contributed by atoms with Crippen LogP contribution in [0.5, 0.6) is 0 Å². The number of amides is 1. The molecule has 0 aromatic carbocycles. The van der Waals surface area contributed by atoms with E-state index in [1.807, 2.05) is 4.90 Å². The van der Waals surface area contributed by atoms with E-state index in [2.05, 4.69) is 45.8 Å². The van der Waals surface area contributed by atoms with E-state index in [9.17, 15) is 4.79 Å². The summed E-state index contributed by atoms with van der Waals surface area (Å²) < 4.78 is 10.1. The number of hydrogen-bond donors (Lipinski definition) is 0. The minimum atomic E-state index is 0.171. The van der Waals surface area contributed by atoms with Crippen molar-refractivity contribution in [1.82, 2.24) is 25.0 Å². The summed E-state index contributed by atoms with van der Waals surface area (Å²) in [6.07, 6.45) is 3.18. The number of methoxy groups -OCH3 is 1. The van der Waals surface area contributed by atoms with Crippen molar-refractivity contribution in [1.29, 1.82) is 0 Å². The molecule has 0 bridgehead atoms. The van der Waals surface area contributed by atoms with Crippen molar-refractivity contribution in [3.63, 3.8) is 0 Å². The number of piperazine rings is 1. The average Bonchev–Trinajstić information content (AvgIpc) is 3.15. The normalized spacial score (nSPS) is 15.1. The second kappa shape index (κ2) is 8.64. The lowest BCUT2D eigenvalue weighted by Crippen LogP contribution is -2.49. The first-order valence-electron chi connectivity index (χ1n) is 9.53. The van der Waals surface area contributed by atoms with Gasteiger partial charge in [0.05, 0.1) is 0 Å². The Labute approximate surface area is 165 Å². The number of carbonyl (C=O) groups excluding carboxylic acids is 1. The van der Waals surface area contributed by atoms with Crippen LogP contribution in [0.1, 0.15) is 39.5 Å². The molecule has 0 spiro atoms. The number of anilines is 1. The Morgan fingerprint density at radius 3 is 2.64 bits per heavy atom. The molecule has 1 amide bonds. The second-order valence-corrected chi connectivity index (χ2v) is 8.12. The molecule has 0 saturated carbocycles. The summed E-state index contributed by atoms with van der Waals surface area (Å²) in [7, 11) is 1.57. The highest BCUT2D eigenvalue weighted by Crippen LogP contribution is 2.22. The van der Waals surface area contributed by atoms with E-state index >= 15 is 0 Å². The van der Waals surface area contributed by atoms with Crippen LogP contribution in [0.3, 0.4) is 0 Å². The summed E-state index contributed by atoms with van der Waals surface area (Å²) in [6, 6.07) is 1.75. The molecule has 0 aliphatic carbocycles. The topological polar surface area (TPSA) is 97.5 Å². The Bertz CT molecular complexity index is 793. The number of ether oxygens (including phenoxy) is 1. The zero-order chi connectivity index (χ0) is 20.1. The molecule has 28 heavy (non-hydrogen) atoms. The van der Waals surface area contributed by atoms with Crippen LogP contribution < -0.4 is 4.90 Å². The van der Waals surface area contributed by atoms with Crippen LogP contribution in [-0.2, 0) is 16.1 Å². The third kappa shape index (κ3) is 5.25. The van der Waals surface area contributed by atoms with E-state index in [4.69, 9.17) is 9.26 Å². The molecule has 0 N–H and O–H groups in total. The lowest BCUT2D eigenvalue weighted by molar-refractivity contribution is -0.132. The van der Waals surface area contributed by atoms with Crippen LogP contribution in [0.25, 0.3) is 11.5 Å². The minimum absolute atomic E-state index is 0.171. The van der Waals surface area contributed by atoms with Gasteiger partial charge in [-0.25, -0.2) is 9.97 Å². The molecule has 2 aromatic heterocycles. The van der Waals surface area contributed by atoms with Crippen LogP contribution in [-0.4, -0.2) is 64.2 Å². The van der Waals surface area contributed by atoms with Crippen LogP contribution in [0, 0.1) is 5.41 Å². The second-order valence-electron chi connectivity index (χ2n) is 8.12. The lowest BCUT2D eigenvalue weighted by Gasteiger charge is -2.35. The summed E-state index contributed by atoms with van der Waals surface area (Å²) in [4.78, 5) is 29.6. The summed E-state index contributed by atoms with van der Waals surface area (Å²) in [5, 5.41) is 3.94. The smallest absolute Gasteiger partial charge is 0.252 e. The maximum absolute atomic E-state index is 12.4. The van der Waals surface area contributed by atoms with Crippen molar-refractivity contribution in [2.45, 2.75) is 40.2 Å². The Morgan fingerprint density at radius 2 is 1.96 bits per heavy atom. The molecule has 3 rings (SSSR count). The highest BCUT2D eigenvalue weighted by atomic mass is 16.5. The molecule has 3 heterocycles. The molecule has 2 aromatic rings. The Morgan fingerprint density at radius 1 is 1.21 bits per heavy atom. The van der Waals surface area contributed by atoms with Gasteiger partial charge >= 0.3 is 0 Å². The quantitative estimate of drug-likeness (QED) is 0.742. The molecular weight excluding hydrogens is 360 g/mol. The summed E-state index contributed by atoms with van der Waals surface area (Å²) >= 11 is 0. The number of nitrogens with zero attached hydrogens (tertiary/aromatic N) is 6. The third-order valence-corrected chi connectivity index (χ3v) is 4.61. The van der Waals surface area contributed by atoms with E-state index in [0.29, 0.717) is 56.0 Å². The monoisotopic (exact) mass is 388 g/mol. The van der Waals surface area contributed by atoms with Gasteiger partial charge in [-0.05, 0) is 17.9 Å². The van der Waals surface area contributed by atoms with Gasteiger partial charge in [-0.15, -0.1) is 0 Å². The van der Waals surface area contributed by atoms with Crippen molar-refractivity contribution in [3.05, 3.63) is 18.2 Å². The van der Waals surface area contributed by atoms with Gasteiger partial charge < -0.3 is 19.1 Å². The summed E-state index contributed by atoms with van der Waals surface area (Å²) in [5.74, 6) is 1.64. The zero-order valence-corrected chi connectivity index (χ0v) is 17.0. The fourth-order valence-corrected chi connectivity index (χ4v) is 2.96. The first-order valence-corrected chi connectivity index (χ1v) is 9.53. The SMILES string of the molecule is COCc1nc(-c2ccnc(N3CCN(C(=O)CCC(C)(C)C)CC3)n2)no1. The van der Waals surface area contributed by atoms with Gasteiger partial charge in [-0.1, -0.05) is 25.9 Å². The molecule has 1 aliphatic rings. The van der Waals surface area contributed by atoms with Gasteiger partial charge in [0.25, 0.3) is 5.89 Å². The zero-order valence-electron chi connectivity index (χ0n) is 17.0. The van der Waals surface area contributed by atoms with Gasteiger partial charge in [0.2, 0.25) is 17.7 Å². The van der Waals surface area contributed by atoms with Crippen molar-refractivity contribution < 1.29 is 14.1 Å². The lowest BCUT2D eigenvalue weighted by atomic mass is 9.90. The largest absolute Gasteiger partial charge is 0.375 e. The third-order valence-electron chi connectivity index (χ3n) is 4.61. The molecule has 0 radical (unpaired) electrons. The van der Waals surface area contributed by atoms with E-state index in [1.165, 1.54) is 0 Å². The molecule has 1 fully saturated rings. The van der Waals surface area contributed by atoms with Gasteiger partial charge in [0.15, 0.2) is 0 Å². The van der Waals surface area contributed by atoms with Crippen molar-refractivity contribution in [2.75, 3.05) is 38.2 Å². The van der Waals surface area contributed by atoms with Gasteiger partial charge in [0, 0.05) is 45.9 Å². The van der Waals surface area contributed by atoms with Gasteiger partial charge in [-0.3, -0.25) is 4.79 Å². The fraction of sp³-hybridized carbons (Fsp3) is 0.632.